The van der Waals surface area contributed by atoms with Gasteiger partial charge in [0, 0.05) is 25.1 Å². The molecule has 0 amide bonds. The van der Waals surface area contributed by atoms with Crippen LogP contribution in [0.2, 0.25) is 0 Å². The van der Waals surface area contributed by atoms with E-state index in [1.807, 2.05) is 42.1 Å². The zero-order chi connectivity index (χ0) is 13.0. The van der Waals surface area contributed by atoms with Crippen LogP contribution in [-0.4, -0.2) is 27.9 Å². The smallest absolute Gasteiger partial charge is 0.181 e. The van der Waals surface area contributed by atoms with Crippen LogP contribution >= 0.6 is 0 Å². The van der Waals surface area contributed by atoms with E-state index >= 15 is 0 Å². The molecular weight excluding hydrogens is 224 g/mol. The highest BCUT2D eigenvalue weighted by Gasteiger charge is 2.14. The molecule has 1 N–H and O–H groups in total. The number of nitrogens with zero attached hydrogens (tertiary/aromatic N) is 3. The number of benzene rings is 1. The number of likely N-dealkylation sites (N-methyl/N-ethyl adjacent to an activating group) is 1. The number of rotatable bonds is 5. The molecule has 96 valence electrons. The highest BCUT2D eigenvalue weighted by Crippen LogP contribution is 2.18. The summed E-state index contributed by atoms with van der Waals surface area (Å²) in [5, 5.41) is 7.83. The molecule has 1 unspecified atom stereocenters. The molecule has 2 aromatic rings. The Morgan fingerprint density at radius 1 is 1.28 bits per heavy atom. The van der Waals surface area contributed by atoms with Crippen molar-refractivity contribution < 1.29 is 0 Å². The average molecular weight is 244 g/mol. The topological polar surface area (TPSA) is 42.7 Å². The van der Waals surface area contributed by atoms with Crippen LogP contribution in [0, 0.1) is 0 Å². The normalized spacial score (nSPS) is 12.6. The van der Waals surface area contributed by atoms with Crippen LogP contribution in [0.5, 0.6) is 0 Å². The number of hydrogen-bond acceptors (Lipinski definition) is 3. The summed E-state index contributed by atoms with van der Waals surface area (Å²) in [6.07, 6.45) is 0. The molecule has 0 aliphatic carbocycles. The van der Waals surface area contributed by atoms with Crippen molar-refractivity contribution in [2.24, 2.45) is 7.05 Å². The maximum absolute atomic E-state index is 4.64. The van der Waals surface area contributed by atoms with Gasteiger partial charge in [-0.15, -0.1) is 0 Å². The van der Waals surface area contributed by atoms with Crippen LogP contribution < -0.4 is 5.32 Å². The molecule has 0 saturated heterocycles. The Labute approximate surface area is 108 Å². The van der Waals surface area contributed by atoms with Crippen LogP contribution in [-0.2, 0) is 7.05 Å². The monoisotopic (exact) mass is 244 g/mol. The molecule has 0 aliphatic heterocycles. The Bertz CT molecular complexity index is 490. The van der Waals surface area contributed by atoms with Gasteiger partial charge in [0.1, 0.15) is 5.82 Å². The Morgan fingerprint density at radius 3 is 2.67 bits per heavy atom. The van der Waals surface area contributed by atoms with Gasteiger partial charge in [0.2, 0.25) is 0 Å². The lowest BCUT2D eigenvalue weighted by atomic mass is 10.1. The lowest BCUT2D eigenvalue weighted by Gasteiger charge is -2.09. The van der Waals surface area contributed by atoms with Crippen LogP contribution in [0.4, 0.5) is 0 Å². The first-order valence-electron chi connectivity index (χ1n) is 6.39. The van der Waals surface area contributed by atoms with Gasteiger partial charge in [-0.25, -0.2) is 4.98 Å². The molecule has 2 rings (SSSR count). The maximum atomic E-state index is 4.64. The molecule has 0 fully saturated rings. The first-order chi connectivity index (χ1) is 8.72. The number of aryl methyl sites for hydroxylation is 1. The molecule has 1 aromatic carbocycles. The molecule has 0 radical (unpaired) electrons. The third kappa shape index (κ3) is 2.76. The van der Waals surface area contributed by atoms with Gasteiger partial charge in [-0.3, -0.25) is 4.68 Å². The Balaban J connectivity index is 2.22. The minimum absolute atomic E-state index is 0.361. The molecule has 1 heterocycles. The van der Waals surface area contributed by atoms with Gasteiger partial charge in [0.25, 0.3) is 0 Å². The summed E-state index contributed by atoms with van der Waals surface area (Å²) in [4.78, 5) is 4.64. The predicted octanol–water partition coefficient (Wildman–Crippen LogP) is 2.20. The van der Waals surface area contributed by atoms with Crippen molar-refractivity contribution >= 4 is 0 Å². The van der Waals surface area contributed by atoms with Crippen molar-refractivity contribution in [3.63, 3.8) is 0 Å². The molecule has 18 heavy (non-hydrogen) atoms. The van der Waals surface area contributed by atoms with Gasteiger partial charge in [-0.05, 0) is 6.54 Å². The average Bonchev–Trinajstić information content (AvgIpc) is 2.79. The summed E-state index contributed by atoms with van der Waals surface area (Å²) in [5.41, 5.74) is 1.06. The second-order valence-corrected chi connectivity index (χ2v) is 4.49. The Morgan fingerprint density at radius 2 is 2.00 bits per heavy atom. The second-order valence-electron chi connectivity index (χ2n) is 4.49. The molecule has 0 saturated carbocycles. The third-order valence-electron chi connectivity index (χ3n) is 2.97. The van der Waals surface area contributed by atoms with Gasteiger partial charge in [0.15, 0.2) is 5.82 Å². The van der Waals surface area contributed by atoms with Crippen molar-refractivity contribution in [2.45, 2.75) is 19.8 Å². The Kier molecular flexibility index (Phi) is 4.10. The fraction of sp³-hybridized carbons (Fsp3) is 0.429. The van der Waals surface area contributed by atoms with Crippen molar-refractivity contribution in [1.82, 2.24) is 20.1 Å². The second kappa shape index (κ2) is 5.78. The largest absolute Gasteiger partial charge is 0.316 e. The van der Waals surface area contributed by atoms with Crippen LogP contribution in [0.1, 0.15) is 25.6 Å². The first-order valence-corrected chi connectivity index (χ1v) is 6.39. The van der Waals surface area contributed by atoms with Crippen molar-refractivity contribution in [3.05, 3.63) is 36.2 Å². The van der Waals surface area contributed by atoms with E-state index < -0.39 is 0 Å². The fourth-order valence-corrected chi connectivity index (χ4v) is 1.99. The van der Waals surface area contributed by atoms with Crippen molar-refractivity contribution in [3.8, 4) is 11.4 Å². The highest BCUT2D eigenvalue weighted by atomic mass is 15.3. The Hall–Kier alpha value is -1.68. The summed E-state index contributed by atoms with van der Waals surface area (Å²) in [6, 6.07) is 10.1. The van der Waals surface area contributed by atoms with Gasteiger partial charge < -0.3 is 5.32 Å². The molecule has 4 nitrogen and oxygen atoms in total. The lowest BCUT2D eigenvalue weighted by Crippen LogP contribution is -2.21. The minimum atomic E-state index is 0.361. The van der Waals surface area contributed by atoms with E-state index in [1.54, 1.807) is 0 Å². The van der Waals surface area contributed by atoms with E-state index in [4.69, 9.17) is 0 Å². The summed E-state index contributed by atoms with van der Waals surface area (Å²) < 4.78 is 1.88. The van der Waals surface area contributed by atoms with Gasteiger partial charge in [-0.1, -0.05) is 44.2 Å². The number of nitrogens with one attached hydrogen (secondary N) is 1. The standard InChI is InChI=1S/C14H20N4/c1-4-15-10-11(2)14-16-13(17-18(14)3)12-8-6-5-7-9-12/h5-9,11,15H,4,10H2,1-3H3. The van der Waals surface area contributed by atoms with Crippen molar-refractivity contribution in [2.75, 3.05) is 13.1 Å². The SMILES string of the molecule is CCNCC(C)c1nc(-c2ccccc2)nn1C. The minimum Gasteiger partial charge on any atom is -0.316 e. The van der Waals surface area contributed by atoms with Gasteiger partial charge in [0.05, 0.1) is 0 Å². The van der Waals surface area contributed by atoms with E-state index in [9.17, 15) is 0 Å². The molecular formula is C14H20N4. The van der Waals surface area contributed by atoms with Gasteiger partial charge in [-0.2, -0.15) is 5.10 Å². The maximum Gasteiger partial charge on any atom is 0.181 e. The summed E-state index contributed by atoms with van der Waals surface area (Å²) >= 11 is 0. The highest BCUT2D eigenvalue weighted by molar-refractivity contribution is 5.54. The molecule has 0 bridgehead atoms. The number of hydrogen-bond donors (Lipinski definition) is 1. The molecule has 1 atom stereocenters. The zero-order valence-electron chi connectivity index (χ0n) is 11.2. The first kappa shape index (κ1) is 12.8. The van der Waals surface area contributed by atoms with Crippen LogP contribution in [0.25, 0.3) is 11.4 Å². The molecule has 4 heteroatoms. The van der Waals surface area contributed by atoms with Crippen LogP contribution in [0.15, 0.2) is 30.3 Å². The summed E-state index contributed by atoms with van der Waals surface area (Å²) in [6.45, 7) is 6.19. The van der Waals surface area contributed by atoms with E-state index in [1.165, 1.54) is 0 Å². The van der Waals surface area contributed by atoms with Crippen molar-refractivity contribution in [1.29, 1.82) is 0 Å². The van der Waals surface area contributed by atoms with Crippen LogP contribution in [0.3, 0.4) is 0 Å². The fourth-order valence-electron chi connectivity index (χ4n) is 1.99. The number of aromatic nitrogens is 3. The van der Waals surface area contributed by atoms with E-state index in [-0.39, 0.29) is 0 Å². The lowest BCUT2D eigenvalue weighted by molar-refractivity contribution is 0.572. The zero-order valence-corrected chi connectivity index (χ0v) is 11.2. The predicted molar refractivity (Wildman–Crippen MR) is 73.4 cm³/mol. The van der Waals surface area contributed by atoms with E-state index in [2.05, 4.69) is 29.2 Å². The quantitative estimate of drug-likeness (QED) is 0.876. The van der Waals surface area contributed by atoms with E-state index in [0.29, 0.717) is 5.92 Å². The van der Waals surface area contributed by atoms with E-state index in [0.717, 1.165) is 30.3 Å². The third-order valence-corrected chi connectivity index (χ3v) is 2.97. The van der Waals surface area contributed by atoms with Gasteiger partial charge >= 0.3 is 0 Å². The molecule has 0 spiro atoms. The summed E-state index contributed by atoms with van der Waals surface area (Å²) in [5.74, 6) is 2.19. The molecule has 1 aromatic heterocycles. The molecule has 0 aliphatic rings. The summed E-state index contributed by atoms with van der Waals surface area (Å²) in [7, 11) is 1.96.